The van der Waals surface area contributed by atoms with E-state index < -0.39 is 0 Å². The molecule has 4 aromatic rings. The number of aromatic amines is 1. The predicted molar refractivity (Wildman–Crippen MR) is 114 cm³/mol. The Morgan fingerprint density at radius 3 is 2.93 bits per heavy atom. The number of nitrogens with zero attached hydrogens (tertiary/aromatic N) is 2. The third kappa shape index (κ3) is 4.06. The molecule has 4 rings (SSSR count). The van der Waals surface area contributed by atoms with Gasteiger partial charge < -0.3 is 15.0 Å². The van der Waals surface area contributed by atoms with Crippen LogP contribution in [-0.4, -0.2) is 34.3 Å². The normalized spacial score (nSPS) is 11.2. The molecule has 0 aliphatic carbocycles. The molecule has 1 amide bonds. The molecule has 0 spiro atoms. The number of amides is 1. The van der Waals surface area contributed by atoms with Crippen molar-refractivity contribution in [1.82, 2.24) is 20.1 Å². The van der Waals surface area contributed by atoms with Gasteiger partial charge in [0.25, 0.3) is 0 Å². The Morgan fingerprint density at radius 1 is 1.21 bits per heavy atom. The van der Waals surface area contributed by atoms with Gasteiger partial charge in [-0.05, 0) is 36.3 Å². The van der Waals surface area contributed by atoms with E-state index in [-0.39, 0.29) is 5.91 Å². The lowest BCUT2D eigenvalue weighted by atomic mass is 10.1. The number of H-pyrrole nitrogens is 1. The molecular weight excluding hydrogens is 364 g/mol. The van der Waals surface area contributed by atoms with Crippen LogP contribution in [0.15, 0.2) is 73.2 Å². The number of aromatic nitrogens is 3. The lowest BCUT2D eigenvalue weighted by Crippen LogP contribution is -2.23. The second-order valence-electron chi connectivity index (χ2n) is 6.58. The molecule has 0 aliphatic heterocycles. The molecule has 0 unspecified atom stereocenters. The van der Waals surface area contributed by atoms with Crippen LogP contribution in [0.1, 0.15) is 11.1 Å². The van der Waals surface area contributed by atoms with Gasteiger partial charge in [0.15, 0.2) is 0 Å². The number of carbonyl (C=O) groups excluding carboxylic acids is 1. The Morgan fingerprint density at radius 2 is 2.10 bits per heavy atom. The highest BCUT2D eigenvalue weighted by atomic mass is 16.5. The van der Waals surface area contributed by atoms with Crippen molar-refractivity contribution in [2.24, 2.45) is 0 Å². The zero-order valence-corrected chi connectivity index (χ0v) is 16.1. The van der Waals surface area contributed by atoms with Crippen LogP contribution in [0.25, 0.3) is 22.7 Å². The summed E-state index contributed by atoms with van der Waals surface area (Å²) in [5.41, 5.74) is 4.02. The topological polar surface area (TPSA) is 71.9 Å². The molecule has 0 aliphatic rings. The van der Waals surface area contributed by atoms with E-state index >= 15 is 0 Å². The Balaban J connectivity index is 1.38. The molecule has 29 heavy (non-hydrogen) atoms. The van der Waals surface area contributed by atoms with Crippen molar-refractivity contribution < 1.29 is 9.53 Å². The first-order valence-corrected chi connectivity index (χ1v) is 9.44. The van der Waals surface area contributed by atoms with Gasteiger partial charge in [0.05, 0.1) is 18.3 Å². The molecule has 0 saturated heterocycles. The van der Waals surface area contributed by atoms with Crippen LogP contribution in [0, 0.1) is 0 Å². The average molecular weight is 386 g/mol. The highest BCUT2D eigenvalue weighted by Gasteiger charge is 2.07. The minimum Gasteiger partial charge on any atom is -0.495 e. The van der Waals surface area contributed by atoms with Crippen molar-refractivity contribution in [3.8, 4) is 11.4 Å². The van der Waals surface area contributed by atoms with Crippen molar-refractivity contribution in [2.45, 2.75) is 6.42 Å². The minimum absolute atomic E-state index is 0.126. The average Bonchev–Trinajstić information content (AvgIpc) is 3.42. The van der Waals surface area contributed by atoms with Gasteiger partial charge in [-0.2, -0.15) is 5.10 Å². The first-order valence-electron chi connectivity index (χ1n) is 9.44. The number of rotatable bonds is 7. The third-order valence-electron chi connectivity index (χ3n) is 4.78. The molecule has 0 radical (unpaired) electrons. The highest BCUT2D eigenvalue weighted by molar-refractivity contribution is 5.97. The van der Waals surface area contributed by atoms with Gasteiger partial charge in [-0.15, -0.1) is 0 Å². The van der Waals surface area contributed by atoms with Crippen LogP contribution in [-0.2, 0) is 11.2 Å². The molecule has 6 nitrogen and oxygen atoms in total. The van der Waals surface area contributed by atoms with Gasteiger partial charge in [0.2, 0.25) is 5.91 Å². The van der Waals surface area contributed by atoms with Gasteiger partial charge >= 0.3 is 0 Å². The van der Waals surface area contributed by atoms with E-state index in [4.69, 9.17) is 4.74 Å². The van der Waals surface area contributed by atoms with Crippen molar-refractivity contribution in [2.75, 3.05) is 13.7 Å². The summed E-state index contributed by atoms with van der Waals surface area (Å²) in [6, 6.07) is 15.8. The summed E-state index contributed by atoms with van der Waals surface area (Å²) in [6.45, 7) is 0.545. The lowest BCUT2D eigenvalue weighted by molar-refractivity contribution is -0.116. The Hall–Kier alpha value is -3.80. The van der Waals surface area contributed by atoms with Crippen molar-refractivity contribution in [1.29, 1.82) is 0 Å². The van der Waals surface area contributed by atoms with Crippen LogP contribution >= 0.6 is 0 Å². The molecule has 6 heteroatoms. The number of methoxy groups -OCH3 is 1. The molecule has 0 saturated carbocycles. The fourth-order valence-electron chi connectivity index (χ4n) is 3.36. The summed E-state index contributed by atoms with van der Waals surface area (Å²) in [7, 11) is 1.64. The van der Waals surface area contributed by atoms with Crippen molar-refractivity contribution in [3.63, 3.8) is 0 Å². The number of ether oxygens (including phenoxy) is 1. The molecule has 0 atom stereocenters. The fraction of sp³-hybridized carbons (Fsp3) is 0.130. The predicted octanol–water partition coefficient (Wildman–Crippen LogP) is 3.73. The zero-order valence-electron chi connectivity index (χ0n) is 16.1. The summed E-state index contributed by atoms with van der Waals surface area (Å²) in [5, 5.41) is 8.25. The van der Waals surface area contributed by atoms with Crippen molar-refractivity contribution in [3.05, 3.63) is 84.3 Å². The lowest BCUT2D eigenvalue weighted by Gasteiger charge is -2.09. The van der Waals surface area contributed by atoms with Crippen LogP contribution in [0.2, 0.25) is 0 Å². The summed E-state index contributed by atoms with van der Waals surface area (Å²) in [6.07, 6.45) is 9.63. The van der Waals surface area contributed by atoms with Crippen LogP contribution in [0.3, 0.4) is 0 Å². The van der Waals surface area contributed by atoms with E-state index in [2.05, 4.69) is 21.5 Å². The number of fused-ring (bicyclic) bond motifs is 1. The molecule has 2 aromatic heterocycles. The van der Waals surface area contributed by atoms with Gasteiger partial charge in [-0.25, -0.2) is 4.68 Å². The summed E-state index contributed by atoms with van der Waals surface area (Å²) >= 11 is 0. The summed E-state index contributed by atoms with van der Waals surface area (Å²) in [5.74, 6) is 0.654. The van der Waals surface area contributed by atoms with Crippen LogP contribution in [0.4, 0.5) is 0 Å². The Kier molecular flexibility index (Phi) is 5.42. The number of carbonyl (C=O) groups is 1. The van der Waals surface area contributed by atoms with Gasteiger partial charge in [0.1, 0.15) is 5.75 Å². The van der Waals surface area contributed by atoms with Gasteiger partial charge in [-0.3, -0.25) is 4.79 Å². The third-order valence-corrected chi connectivity index (χ3v) is 4.78. The molecular formula is C23H22N4O2. The Bertz CT molecular complexity index is 1140. The summed E-state index contributed by atoms with van der Waals surface area (Å²) < 4.78 is 7.19. The smallest absolute Gasteiger partial charge is 0.244 e. The van der Waals surface area contributed by atoms with Gasteiger partial charge in [0, 0.05) is 42.2 Å². The molecule has 0 bridgehead atoms. The maximum absolute atomic E-state index is 12.3. The van der Waals surface area contributed by atoms with E-state index in [1.54, 1.807) is 19.4 Å². The SMILES string of the molecule is COc1cccc2c(/C=C/C(=O)NCCc3ccccc3-n3cccn3)c[nH]c12. The second kappa shape index (κ2) is 8.48. The number of para-hydroxylation sites is 2. The first kappa shape index (κ1) is 18.6. The standard InChI is InChI=1S/C23H22N4O2/c1-29-21-9-4-7-19-18(16-25-23(19)21)10-11-22(28)24-14-12-17-6-2-3-8-20(17)27-15-5-13-26-27/h2-11,13,15-16,25H,12,14H2,1H3,(H,24,28)/b11-10+. The van der Waals surface area contributed by atoms with E-state index in [0.29, 0.717) is 6.54 Å². The monoisotopic (exact) mass is 386 g/mol. The van der Waals surface area contributed by atoms with Gasteiger partial charge in [-0.1, -0.05) is 30.3 Å². The zero-order chi connectivity index (χ0) is 20.1. The van der Waals surface area contributed by atoms with E-state index in [9.17, 15) is 4.79 Å². The van der Waals surface area contributed by atoms with E-state index in [1.165, 1.54) is 0 Å². The number of hydrogen-bond acceptors (Lipinski definition) is 3. The fourth-order valence-corrected chi connectivity index (χ4v) is 3.36. The molecule has 0 fully saturated rings. The van der Waals surface area contributed by atoms with E-state index in [1.807, 2.05) is 65.6 Å². The number of benzene rings is 2. The Labute approximate surface area is 168 Å². The molecule has 146 valence electrons. The minimum atomic E-state index is -0.126. The maximum atomic E-state index is 12.3. The first-order chi connectivity index (χ1) is 14.3. The van der Waals surface area contributed by atoms with Crippen LogP contribution in [0.5, 0.6) is 5.75 Å². The number of nitrogens with one attached hydrogen (secondary N) is 2. The molecule has 2 N–H and O–H groups in total. The quantitative estimate of drug-likeness (QED) is 0.475. The second-order valence-corrected chi connectivity index (χ2v) is 6.58. The van der Waals surface area contributed by atoms with Crippen molar-refractivity contribution >= 4 is 22.9 Å². The van der Waals surface area contributed by atoms with E-state index in [0.717, 1.165) is 39.9 Å². The highest BCUT2D eigenvalue weighted by Crippen LogP contribution is 2.27. The molecule has 2 aromatic carbocycles. The maximum Gasteiger partial charge on any atom is 0.244 e. The van der Waals surface area contributed by atoms with Crippen LogP contribution < -0.4 is 10.1 Å². The molecule has 2 heterocycles. The largest absolute Gasteiger partial charge is 0.495 e. The summed E-state index contributed by atoms with van der Waals surface area (Å²) in [4.78, 5) is 15.5. The number of hydrogen-bond donors (Lipinski definition) is 2.